The van der Waals surface area contributed by atoms with Gasteiger partial charge in [0, 0.05) is 25.7 Å². The summed E-state index contributed by atoms with van der Waals surface area (Å²) < 4.78 is 16.8. The van der Waals surface area contributed by atoms with Gasteiger partial charge in [0.1, 0.15) is 5.76 Å². The number of hydrogen-bond donors (Lipinski definition) is 1. The molecule has 0 bridgehead atoms. The van der Waals surface area contributed by atoms with E-state index < -0.39 is 0 Å². The van der Waals surface area contributed by atoms with Crippen LogP contribution in [-0.4, -0.2) is 36.4 Å². The molecule has 1 aromatic rings. The molecule has 3 heterocycles. The van der Waals surface area contributed by atoms with Gasteiger partial charge in [-0.2, -0.15) is 0 Å². The Hall–Kier alpha value is -0.910. The second-order valence-corrected chi connectivity index (χ2v) is 5.27. The molecular formula is C13H20N2O3. The molecule has 18 heavy (non-hydrogen) atoms. The average Bonchev–Trinajstić information content (AvgIpc) is 2.97. The molecule has 0 radical (unpaired) electrons. The van der Waals surface area contributed by atoms with Gasteiger partial charge in [-0.25, -0.2) is 4.98 Å². The average molecular weight is 252 g/mol. The summed E-state index contributed by atoms with van der Waals surface area (Å²) in [6.45, 7) is 4.98. The molecule has 2 atom stereocenters. The zero-order valence-electron chi connectivity index (χ0n) is 10.8. The van der Waals surface area contributed by atoms with Crippen LogP contribution in [0.1, 0.15) is 30.9 Å². The summed E-state index contributed by atoms with van der Waals surface area (Å²) in [6.07, 6.45) is 4.84. The number of ether oxygens (including phenoxy) is 2. The lowest BCUT2D eigenvalue weighted by molar-refractivity contribution is -0.0896. The number of aromatic nitrogens is 1. The van der Waals surface area contributed by atoms with Gasteiger partial charge in [0.2, 0.25) is 5.89 Å². The van der Waals surface area contributed by atoms with Crippen LogP contribution in [0, 0.1) is 6.92 Å². The predicted octanol–water partition coefficient (Wildman–Crippen LogP) is 1.41. The number of oxazole rings is 1. The Bertz CT molecular complexity index is 399. The van der Waals surface area contributed by atoms with Crippen molar-refractivity contribution in [1.82, 2.24) is 10.3 Å². The van der Waals surface area contributed by atoms with Gasteiger partial charge in [-0.1, -0.05) is 0 Å². The Labute approximate surface area is 107 Å². The fraction of sp³-hybridized carbons (Fsp3) is 0.769. The number of rotatable bonds is 3. The lowest BCUT2D eigenvalue weighted by Gasteiger charge is -2.37. The molecule has 1 spiro atoms. The molecule has 1 N–H and O–H groups in total. The van der Waals surface area contributed by atoms with E-state index in [0.29, 0.717) is 12.6 Å². The van der Waals surface area contributed by atoms with Crippen LogP contribution >= 0.6 is 0 Å². The molecule has 5 nitrogen and oxygen atoms in total. The maximum absolute atomic E-state index is 5.91. The van der Waals surface area contributed by atoms with Crippen LogP contribution < -0.4 is 5.32 Å². The van der Waals surface area contributed by atoms with Crippen LogP contribution in [0.4, 0.5) is 0 Å². The molecule has 2 aliphatic heterocycles. The van der Waals surface area contributed by atoms with Crippen molar-refractivity contribution >= 4 is 0 Å². The minimum absolute atomic E-state index is 0.0393. The molecule has 0 aliphatic carbocycles. The molecule has 2 unspecified atom stereocenters. The first-order valence-electron chi connectivity index (χ1n) is 6.62. The van der Waals surface area contributed by atoms with E-state index in [0.717, 1.165) is 50.7 Å². The number of hydrogen-bond acceptors (Lipinski definition) is 5. The third-order valence-electron chi connectivity index (χ3n) is 3.77. The molecule has 0 saturated carbocycles. The molecular weight excluding hydrogens is 232 g/mol. The van der Waals surface area contributed by atoms with Crippen LogP contribution in [-0.2, 0) is 16.0 Å². The molecule has 2 saturated heterocycles. The van der Waals surface area contributed by atoms with Crippen LogP contribution in [0.5, 0.6) is 0 Å². The summed E-state index contributed by atoms with van der Waals surface area (Å²) in [5.74, 6) is 1.62. The highest BCUT2D eigenvalue weighted by atomic mass is 16.6. The Balaban J connectivity index is 1.53. The van der Waals surface area contributed by atoms with Crippen molar-refractivity contribution in [2.24, 2.45) is 0 Å². The van der Waals surface area contributed by atoms with Crippen LogP contribution in [0.25, 0.3) is 0 Å². The van der Waals surface area contributed by atoms with Crippen molar-refractivity contribution in [3.8, 4) is 0 Å². The van der Waals surface area contributed by atoms with Gasteiger partial charge in [0.15, 0.2) is 0 Å². The van der Waals surface area contributed by atoms with E-state index in [9.17, 15) is 0 Å². The van der Waals surface area contributed by atoms with Crippen molar-refractivity contribution in [3.63, 3.8) is 0 Å². The topological polar surface area (TPSA) is 56.5 Å². The fourth-order valence-corrected chi connectivity index (χ4v) is 2.78. The Kier molecular flexibility index (Phi) is 3.37. The monoisotopic (exact) mass is 252 g/mol. The van der Waals surface area contributed by atoms with Gasteiger partial charge >= 0.3 is 0 Å². The highest BCUT2D eigenvalue weighted by Crippen LogP contribution is 2.32. The largest absolute Gasteiger partial charge is 0.445 e. The standard InChI is InChI=1S/C13H20N2O3/c1-10-7-15-12(18-10)8-14-11-2-4-17-13(6-11)3-5-16-9-13/h7,11,14H,2-6,8-9H2,1H3. The van der Waals surface area contributed by atoms with E-state index in [1.807, 2.05) is 6.92 Å². The third kappa shape index (κ3) is 2.58. The van der Waals surface area contributed by atoms with Crippen molar-refractivity contribution < 1.29 is 13.9 Å². The molecule has 3 rings (SSSR count). The molecule has 2 fully saturated rings. The molecule has 2 aliphatic rings. The summed E-state index contributed by atoms with van der Waals surface area (Å²) >= 11 is 0. The van der Waals surface area contributed by atoms with E-state index in [-0.39, 0.29) is 5.60 Å². The maximum Gasteiger partial charge on any atom is 0.208 e. The van der Waals surface area contributed by atoms with E-state index >= 15 is 0 Å². The van der Waals surface area contributed by atoms with Gasteiger partial charge < -0.3 is 19.2 Å². The Morgan fingerprint density at radius 2 is 2.44 bits per heavy atom. The van der Waals surface area contributed by atoms with Gasteiger partial charge in [-0.05, 0) is 19.8 Å². The van der Waals surface area contributed by atoms with E-state index in [4.69, 9.17) is 13.9 Å². The molecule has 5 heteroatoms. The number of nitrogens with one attached hydrogen (secondary N) is 1. The lowest BCUT2D eigenvalue weighted by Crippen LogP contribution is -2.47. The summed E-state index contributed by atoms with van der Waals surface area (Å²) in [6, 6.07) is 0.465. The second kappa shape index (κ2) is 4.99. The van der Waals surface area contributed by atoms with Crippen LogP contribution in [0.3, 0.4) is 0 Å². The van der Waals surface area contributed by atoms with E-state index in [1.54, 1.807) is 6.20 Å². The van der Waals surface area contributed by atoms with Gasteiger partial charge in [0.25, 0.3) is 0 Å². The smallest absolute Gasteiger partial charge is 0.208 e. The maximum atomic E-state index is 5.91. The fourth-order valence-electron chi connectivity index (χ4n) is 2.78. The Morgan fingerprint density at radius 1 is 1.50 bits per heavy atom. The molecule has 100 valence electrons. The second-order valence-electron chi connectivity index (χ2n) is 5.27. The molecule has 1 aromatic heterocycles. The first-order chi connectivity index (χ1) is 8.76. The Morgan fingerprint density at radius 3 is 3.17 bits per heavy atom. The summed E-state index contributed by atoms with van der Waals surface area (Å²) in [4.78, 5) is 4.20. The van der Waals surface area contributed by atoms with E-state index in [2.05, 4.69) is 10.3 Å². The SMILES string of the molecule is Cc1cnc(CNC2CCOC3(CCOC3)C2)o1. The number of nitrogens with zero attached hydrogens (tertiary/aromatic N) is 1. The minimum atomic E-state index is -0.0393. The van der Waals surface area contributed by atoms with Gasteiger partial charge in [-0.3, -0.25) is 0 Å². The first-order valence-corrected chi connectivity index (χ1v) is 6.62. The summed E-state index contributed by atoms with van der Waals surface area (Å²) in [5.41, 5.74) is -0.0393. The van der Waals surface area contributed by atoms with Gasteiger partial charge in [-0.15, -0.1) is 0 Å². The quantitative estimate of drug-likeness (QED) is 0.881. The van der Waals surface area contributed by atoms with Crippen molar-refractivity contribution in [2.75, 3.05) is 19.8 Å². The summed E-state index contributed by atoms with van der Waals surface area (Å²) in [7, 11) is 0. The first kappa shape index (κ1) is 12.1. The number of aryl methyl sites for hydroxylation is 1. The molecule has 0 aromatic carbocycles. The summed E-state index contributed by atoms with van der Waals surface area (Å²) in [5, 5.41) is 3.51. The van der Waals surface area contributed by atoms with E-state index in [1.165, 1.54) is 0 Å². The zero-order valence-corrected chi connectivity index (χ0v) is 10.8. The van der Waals surface area contributed by atoms with Crippen molar-refractivity contribution in [3.05, 3.63) is 17.8 Å². The third-order valence-corrected chi connectivity index (χ3v) is 3.77. The lowest BCUT2D eigenvalue weighted by atomic mass is 9.90. The zero-order chi connectivity index (χ0) is 12.4. The highest BCUT2D eigenvalue weighted by molar-refractivity contribution is 4.94. The van der Waals surface area contributed by atoms with Crippen LogP contribution in [0.15, 0.2) is 10.6 Å². The van der Waals surface area contributed by atoms with Crippen molar-refractivity contribution in [1.29, 1.82) is 0 Å². The highest BCUT2D eigenvalue weighted by Gasteiger charge is 2.40. The molecule has 0 amide bonds. The normalized spacial score (nSPS) is 32.2. The van der Waals surface area contributed by atoms with Crippen LogP contribution in [0.2, 0.25) is 0 Å². The minimum Gasteiger partial charge on any atom is -0.445 e. The predicted molar refractivity (Wildman–Crippen MR) is 65.2 cm³/mol. The van der Waals surface area contributed by atoms with Gasteiger partial charge in [0.05, 0.1) is 24.9 Å². The van der Waals surface area contributed by atoms with Crippen molar-refractivity contribution in [2.45, 2.75) is 44.4 Å².